The van der Waals surface area contributed by atoms with Gasteiger partial charge in [0.05, 0.1) is 12.2 Å². The van der Waals surface area contributed by atoms with Crippen molar-refractivity contribution >= 4 is 5.97 Å². The summed E-state index contributed by atoms with van der Waals surface area (Å²) in [5, 5.41) is 11.2. The lowest BCUT2D eigenvalue weighted by atomic mass is 10.2. The molecule has 0 aromatic carbocycles. The Balaban J connectivity index is 2.49. The molecular weight excluding hydrogens is 170 g/mol. The molecule has 0 saturated heterocycles. The zero-order chi connectivity index (χ0) is 9.68. The molecule has 5 heteroatoms. The van der Waals surface area contributed by atoms with E-state index in [0.29, 0.717) is 0 Å². The number of hydrogen-bond donors (Lipinski definition) is 2. The molecule has 0 radical (unpaired) electrons. The highest BCUT2D eigenvalue weighted by atomic mass is 16.4. The Morgan fingerprint density at radius 3 is 3.00 bits per heavy atom. The first-order chi connectivity index (χ1) is 6.20. The average molecular weight is 181 g/mol. The van der Waals surface area contributed by atoms with Gasteiger partial charge in [-0.2, -0.15) is 0 Å². The molecule has 0 aliphatic carbocycles. The lowest BCUT2D eigenvalue weighted by Gasteiger charge is -2.09. The Bertz CT molecular complexity index is 276. The van der Waals surface area contributed by atoms with Crippen molar-refractivity contribution in [3.05, 3.63) is 24.3 Å². The topological polar surface area (TPSA) is 75.1 Å². The number of nitrogens with one attached hydrogen (secondary N) is 1. The molecule has 1 aromatic heterocycles. The Hall–Kier alpha value is -1.49. The Morgan fingerprint density at radius 1 is 1.69 bits per heavy atom. The van der Waals surface area contributed by atoms with Crippen LogP contribution in [-0.2, 0) is 4.79 Å². The number of carboxylic acid groups (broad SMARTS) is 1. The largest absolute Gasteiger partial charge is 0.480 e. The molecule has 0 unspecified atom stereocenters. The minimum atomic E-state index is -0.879. The van der Waals surface area contributed by atoms with Crippen molar-refractivity contribution in [2.75, 3.05) is 6.54 Å². The third-order valence-electron chi connectivity index (χ3n) is 1.59. The van der Waals surface area contributed by atoms with Crippen LogP contribution in [0.15, 0.2) is 18.6 Å². The van der Waals surface area contributed by atoms with Crippen LogP contribution in [0, 0.1) is 0 Å². The monoisotopic (exact) mass is 181 g/mol. The molecule has 70 valence electrons. The number of aliphatic carboxylic acids is 1. The fourth-order valence-corrected chi connectivity index (χ4v) is 0.879. The van der Waals surface area contributed by atoms with Crippen molar-refractivity contribution in [1.82, 2.24) is 15.3 Å². The predicted octanol–water partition coefficient (Wildman–Crippen LogP) is 0.212. The van der Waals surface area contributed by atoms with Crippen LogP contribution in [-0.4, -0.2) is 27.6 Å². The van der Waals surface area contributed by atoms with E-state index in [1.54, 1.807) is 18.6 Å². The molecule has 0 bridgehead atoms. The van der Waals surface area contributed by atoms with Gasteiger partial charge in [0.25, 0.3) is 0 Å². The van der Waals surface area contributed by atoms with Crippen LogP contribution in [0.5, 0.6) is 0 Å². The van der Waals surface area contributed by atoms with Crippen molar-refractivity contribution in [1.29, 1.82) is 0 Å². The molecule has 2 N–H and O–H groups in total. The number of aromatic nitrogens is 2. The van der Waals surface area contributed by atoms with Gasteiger partial charge < -0.3 is 5.11 Å². The van der Waals surface area contributed by atoms with E-state index >= 15 is 0 Å². The van der Waals surface area contributed by atoms with Gasteiger partial charge >= 0.3 is 5.97 Å². The maximum absolute atomic E-state index is 10.2. The number of carbonyl (C=O) groups is 1. The van der Waals surface area contributed by atoms with E-state index in [1.807, 2.05) is 6.92 Å². The maximum Gasteiger partial charge on any atom is 0.317 e. The lowest BCUT2D eigenvalue weighted by molar-refractivity contribution is -0.136. The summed E-state index contributed by atoms with van der Waals surface area (Å²) in [5.74, 6) is -0.879. The van der Waals surface area contributed by atoms with Gasteiger partial charge in [0.15, 0.2) is 0 Å². The zero-order valence-electron chi connectivity index (χ0n) is 7.27. The zero-order valence-corrected chi connectivity index (χ0v) is 7.27. The van der Waals surface area contributed by atoms with E-state index in [2.05, 4.69) is 15.3 Å². The van der Waals surface area contributed by atoms with E-state index in [1.165, 1.54) is 0 Å². The van der Waals surface area contributed by atoms with Crippen LogP contribution in [0.1, 0.15) is 18.7 Å². The van der Waals surface area contributed by atoms with E-state index in [-0.39, 0.29) is 12.6 Å². The minimum Gasteiger partial charge on any atom is -0.480 e. The summed E-state index contributed by atoms with van der Waals surface area (Å²) < 4.78 is 0. The molecule has 1 rings (SSSR count). The summed E-state index contributed by atoms with van der Waals surface area (Å²) >= 11 is 0. The molecule has 0 aliphatic rings. The van der Waals surface area contributed by atoms with Crippen LogP contribution in [0.2, 0.25) is 0 Å². The molecule has 0 fully saturated rings. The van der Waals surface area contributed by atoms with E-state index in [4.69, 9.17) is 5.11 Å². The summed E-state index contributed by atoms with van der Waals surface area (Å²) in [6, 6.07) is -0.0928. The van der Waals surface area contributed by atoms with Gasteiger partial charge in [-0.05, 0) is 6.92 Å². The average Bonchev–Trinajstić information content (AvgIpc) is 2.15. The van der Waals surface area contributed by atoms with Crippen LogP contribution in [0.3, 0.4) is 0 Å². The second kappa shape index (κ2) is 4.51. The first-order valence-corrected chi connectivity index (χ1v) is 3.91. The molecule has 0 aliphatic heterocycles. The highest BCUT2D eigenvalue weighted by Gasteiger charge is 2.06. The van der Waals surface area contributed by atoms with E-state index in [9.17, 15) is 4.79 Å². The van der Waals surface area contributed by atoms with E-state index in [0.717, 1.165) is 5.69 Å². The van der Waals surface area contributed by atoms with Gasteiger partial charge in [0, 0.05) is 24.6 Å². The van der Waals surface area contributed by atoms with Gasteiger partial charge in [0.1, 0.15) is 0 Å². The molecule has 13 heavy (non-hydrogen) atoms. The highest BCUT2D eigenvalue weighted by Crippen LogP contribution is 2.04. The van der Waals surface area contributed by atoms with Crippen molar-refractivity contribution in [3.63, 3.8) is 0 Å². The van der Waals surface area contributed by atoms with Gasteiger partial charge in [0.2, 0.25) is 0 Å². The highest BCUT2D eigenvalue weighted by molar-refractivity contribution is 5.69. The van der Waals surface area contributed by atoms with Crippen molar-refractivity contribution in [2.45, 2.75) is 13.0 Å². The van der Waals surface area contributed by atoms with Crippen LogP contribution in [0.4, 0.5) is 0 Å². The number of carboxylic acids is 1. The maximum atomic E-state index is 10.2. The smallest absolute Gasteiger partial charge is 0.317 e. The quantitative estimate of drug-likeness (QED) is 0.694. The Morgan fingerprint density at radius 2 is 2.46 bits per heavy atom. The van der Waals surface area contributed by atoms with Gasteiger partial charge in [-0.1, -0.05) is 0 Å². The molecule has 0 spiro atoms. The van der Waals surface area contributed by atoms with E-state index < -0.39 is 5.97 Å². The summed E-state index contributed by atoms with van der Waals surface area (Å²) in [4.78, 5) is 18.2. The van der Waals surface area contributed by atoms with Crippen LogP contribution < -0.4 is 5.32 Å². The fourth-order valence-electron chi connectivity index (χ4n) is 0.879. The number of nitrogens with zero attached hydrogens (tertiary/aromatic N) is 2. The third kappa shape index (κ3) is 3.16. The second-order valence-electron chi connectivity index (χ2n) is 2.63. The normalized spacial score (nSPS) is 12.4. The minimum absolute atomic E-state index is 0.0717. The SMILES string of the molecule is C[C@@H](NCC(=O)O)c1cnccn1. The first kappa shape index (κ1) is 9.60. The molecule has 1 atom stereocenters. The number of rotatable bonds is 4. The number of hydrogen-bond acceptors (Lipinski definition) is 4. The second-order valence-corrected chi connectivity index (χ2v) is 2.63. The third-order valence-corrected chi connectivity index (χ3v) is 1.59. The molecule has 0 amide bonds. The summed E-state index contributed by atoms with van der Waals surface area (Å²) in [6.07, 6.45) is 4.77. The summed E-state index contributed by atoms with van der Waals surface area (Å²) in [7, 11) is 0. The summed E-state index contributed by atoms with van der Waals surface area (Å²) in [6.45, 7) is 1.77. The van der Waals surface area contributed by atoms with Crippen molar-refractivity contribution < 1.29 is 9.90 Å². The fraction of sp³-hybridized carbons (Fsp3) is 0.375. The standard InChI is InChI=1S/C8H11N3O2/c1-6(11-5-8(12)13)7-4-9-2-3-10-7/h2-4,6,11H,5H2,1H3,(H,12,13)/t6-/m1/s1. The Labute approximate surface area is 75.8 Å². The molecule has 1 heterocycles. The van der Waals surface area contributed by atoms with Gasteiger partial charge in [-0.15, -0.1) is 0 Å². The molecular formula is C8H11N3O2. The molecule has 0 saturated carbocycles. The van der Waals surface area contributed by atoms with Crippen LogP contribution in [0.25, 0.3) is 0 Å². The Kier molecular flexibility index (Phi) is 3.33. The lowest BCUT2D eigenvalue weighted by Crippen LogP contribution is -2.26. The predicted molar refractivity (Wildman–Crippen MR) is 46.1 cm³/mol. The summed E-state index contributed by atoms with van der Waals surface area (Å²) in [5.41, 5.74) is 0.740. The van der Waals surface area contributed by atoms with Crippen LogP contribution >= 0.6 is 0 Å². The van der Waals surface area contributed by atoms with Gasteiger partial charge in [-0.25, -0.2) is 0 Å². The van der Waals surface area contributed by atoms with Gasteiger partial charge in [-0.3, -0.25) is 20.1 Å². The first-order valence-electron chi connectivity index (χ1n) is 3.91. The van der Waals surface area contributed by atoms with Crippen molar-refractivity contribution in [3.8, 4) is 0 Å². The van der Waals surface area contributed by atoms with Crippen molar-refractivity contribution in [2.24, 2.45) is 0 Å². The molecule has 5 nitrogen and oxygen atoms in total. The molecule has 1 aromatic rings.